The van der Waals surface area contributed by atoms with E-state index < -0.39 is 46.6 Å². The molecule has 0 atom stereocenters. The lowest BCUT2D eigenvalue weighted by Gasteiger charge is -2.15. The molecule has 1 aliphatic rings. The van der Waals surface area contributed by atoms with E-state index in [4.69, 9.17) is 4.74 Å². The summed E-state index contributed by atoms with van der Waals surface area (Å²) in [5.74, 6) is -13.6. The van der Waals surface area contributed by atoms with E-state index in [1.54, 1.807) is 6.92 Å². The minimum atomic E-state index is -2.30. The fourth-order valence-corrected chi connectivity index (χ4v) is 2.22. The van der Waals surface area contributed by atoms with Crippen LogP contribution in [-0.4, -0.2) is 16.8 Å². The van der Waals surface area contributed by atoms with Gasteiger partial charge >= 0.3 is 0 Å². The van der Waals surface area contributed by atoms with Crippen molar-refractivity contribution >= 4 is 11.8 Å². The molecule has 0 fully saturated rings. The molecule has 1 amide bonds. The maximum absolute atomic E-state index is 13.7. The van der Waals surface area contributed by atoms with E-state index in [-0.39, 0.29) is 12.0 Å². The Morgan fingerprint density at radius 3 is 2.22 bits per heavy atom. The van der Waals surface area contributed by atoms with Crippen LogP contribution in [0.2, 0.25) is 0 Å². The van der Waals surface area contributed by atoms with Crippen LogP contribution >= 0.6 is 0 Å². The van der Waals surface area contributed by atoms with Crippen LogP contribution in [0.5, 0.6) is 5.75 Å². The Kier molecular flexibility index (Phi) is 3.42. The summed E-state index contributed by atoms with van der Waals surface area (Å²) in [5.41, 5.74) is 1.16. The SMILES string of the molecule is Cc1c[nH]c2c1C(Oc1c(F)c(F)c(F)c(F)c1F)=NC(=O)C2. The molecule has 0 saturated heterocycles. The summed E-state index contributed by atoms with van der Waals surface area (Å²) in [6.07, 6.45) is 1.41. The molecule has 1 aromatic heterocycles. The smallest absolute Gasteiger partial charge is 0.254 e. The Hall–Kier alpha value is -2.71. The van der Waals surface area contributed by atoms with Crippen LogP contribution in [-0.2, 0) is 11.2 Å². The van der Waals surface area contributed by atoms with Gasteiger partial charge in [0, 0.05) is 11.9 Å². The molecular formula is C14H7F5N2O2. The number of amides is 1. The van der Waals surface area contributed by atoms with Crippen molar-refractivity contribution in [1.29, 1.82) is 0 Å². The van der Waals surface area contributed by atoms with E-state index in [0.717, 1.165) is 0 Å². The average molecular weight is 330 g/mol. The van der Waals surface area contributed by atoms with Gasteiger partial charge < -0.3 is 9.72 Å². The van der Waals surface area contributed by atoms with E-state index in [0.29, 0.717) is 11.3 Å². The fraction of sp³-hybridized carbons (Fsp3) is 0.143. The molecule has 0 saturated carbocycles. The molecule has 2 heterocycles. The van der Waals surface area contributed by atoms with Crippen LogP contribution in [0.25, 0.3) is 0 Å². The van der Waals surface area contributed by atoms with Crippen LogP contribution < -0.4 is 4.74 Å². The number of H-pyrrole nitrogens is 1. The lowest BCUT2D eigenvalue weighted by Crippen LogP contribution is -2.23. The Morgan fingerprint density at radius 2 is 1.61 bits per heavy atom. The van der Waals surface area contributed by atoms with Crippen molar-refractivity contribution in [2.45, 2.75) is 13.3 Å². The first kappa shape index (κ1) is 15.2. The number of halogens is 5. The first-order chi connectivity index (χ1) is 10.8. The van der Waals surface area contributed by atoms with Crippen LogP contribution in [0.1, 0.15) is 16.8 Å². The second-order valence-electron chi connectivity index (χ2n) is 4.81. The lowest BCUT2D eigenvalue weighted by molar-refractivity contribution is -0.117. The number of hydrogen-bond acceptors (Lipinski definition) is 2. The van der Waals surface area contributed by atoms with Gasteiger partial charge in [0.15, 0.2) is 0 Å². The molecule has 120 valence electrons. The molecule has 9 heteroatoms. The number of carbonyl (C=O) groups excluding carboxylic acids is 1. The number of nitrogens with zero attached hydrogens (tertiary/aromatic N) is 1. The van der Waals surface area contributed by atoms with Crippen LogP contribution in [0.4, 0.5) is 22.0 Å². The third-order valence-corrected chi connectivity index (χ3v) is 3.30. The third-order valence-electron chi connectivity index (χ3n) is 3.30. The van der Waals surface area contributed by atoms with Crippen molar-refractivity contribution in [1.82, 2.24) is 4.98 Å². The van der Waals surface area contributed by atoms with Gasteiger partial charge in [-0.2, -0.15) is 13.8 Å². The van der Waals surface area contributed by atoms with Crippen LogP contribution in [0.15, 0.2) is 11.2 Å². The molecule has 1 aliphatic heterocycles. The maximum atomic E-state index is 13.7. The van der Waals surface area contributed by atoms with Crippen LogP contribution in [0.3, 0.4) is 0 Å². The number of aryl methyl sites for hydroxylation is 1. The number of fused-ring (bicyclic) bond motifs is 1. The van der Waals surface area contributed by atoms with Gasteiger partial charge in [-0.1, -0.05) is 0 Å². The summed E-state index contributed by atoms with van der Waals surface area (Å²) in [7, 11) is 0. The Labute approximate surface area is 125 Å². The van der Waals surface area contributed by atoms with E-state index in [1.165, 1.54) is 6.20 Å². The molecule has 0 unspecified atom stereocenters. The number of nitrogens with one attached hydrogen (secondary N) is 1. The number of rotatable bonds is 1. The minimum absolute atomic E-state index is 0.0901. The molecule has 1 aromatic carbocycles. The van der Waals surface area contributed by atoms with Gasteiger partial charge in [-0.15, -0.1) is 0 Å². The summed E-state index contributed by atoms with van der Waals surface area (Å²) < 4.78 is 71.5. The van der Waals surface area contributed by atoms with Crippen molar-refractivity contribution in [3.63, 3.8) is 0 Å². The first-order valence-corrected chi connectivity index (χ1v) is 6.29. The summed E-state index contributed by atoms with van der Waals surface area (Å²) in [6.45, 7) is 1.60. The second kappa shape index (κ2) is 5.18. The molecule has 0 spiro atoms. The van der Waals surface area contributed by atoms with Crippen molar-refractivity contribution in [2.75, 3.05) is 0 Å². The zero-order valence-electron chi connectivity index (χ0n) is 11.4. The van der Waals surface area contributed by atoms with Gasteiger partial charge in [-0.3, -0.25) is 4.79 Å². The van der Waals surface area contributed by atoms with E-state index in [1.807, 2.05) is 0 Å². The zero-order valence-corrected chi connectivity index (χ0v) is 11.4. The summed E-state index contributed by atoms with van der Waals surface area (Å²) >= 11 is 0. The summed E-state index contributed by atoms with van der Waals surface area (Å²) in [6, 6.07) is 0. The number of carbonyl (C=O) groups is 1. The molecule has 4 nitrogen and oxygen atoms in total. The van der Waals surface area contributed by atoms with Gasteiger partial charge in [0.25, 0.3) is 5.91 Å². The highest BCUT2D eigenvalue weighted by molar-refractivity contribution is 6.08. The standard InChI is InChI=1S/C14H7F5N2O2/c1-4-3-20-5-2-6(22)21-14(7(4)5)23-13-11(18)9(16)8(15)10(17)12(13)19/h3,20H,2H2,1H3. The molecule has 0 radical (unpaired) electrons. The largest absolute Gasteiger partial charge is 0.432 e. The number of hydrogen-bond donors (Lipinski definition) is 1. The topological polar surface area (TPSA) is 54.4 Å². The maximum Gasteiger partial charge on any atom is 0.254 e. The molecule has 0 aliphatic carbocycles. The number of aliphatic imine (C=N–C) groups is 1. The Bertz CT molecular complexity index is 844. The lowest BCUT2D eigenvalue weighted by atomic mass is 10.1. The summed E-state index contributed by atoms with van der Waals surface area (Å²) in [4.78, 5) is 17.7. The van der Waals surface area contributed by atoms with Crippen molar-refractivity contribution in [2.24, 2.45) is 4.99 Å². The van der Waals surface area contributed by atoms with Gasteiger partial charge in [0.1, 0.15) is 0 Å². The number of ether oxygens (including phenoxy) is 1. The molecule has 1 N–H and O–H groups in total. The normalized spacial score (nSPS) is 13.8. The zero-order chi connectivity index (χ0) is 16.9. The van der Waals surface area contributed by atoms with Crippen LogP contribution in [0, 0.1) is 36.0 Å². The van der Waals surface area contributed by atoms with E-state index in [9.17, 15) is 26.7 Å². The fourth-order valence-electron chi connectivity index (χ4n) is 2.22. The number of benzene rings is 1. The predicted octanol–water partition coefficient (Wildman–Crippen LogP) is 2.93. The van der Waals surface area contributed by atoms with Crippen molar-refractivity contribution < 1.29 is 31.5 Å². The first-order valence-electron chi connectivity index (χ1n) is 6.29. The molecule has 23 heavy (non-hydrogen) atoms. The van der Waals surface area contributed by atoms with Crippen molar-refractivity contribution in [3.05, 3.63) is 52.1 Å². The van der Waals surface area contributed by atoms with E-state index in [2.05, 4.69) is 9.98 Å². The number of aromatic amines is 1. The van der Waals surface area contributed by atoms with Gasteiger partial charge in [0.05, 0.1) is 12.0 Å². The molecular weight excluding hydrogens is 323 g/mol. The van der Waals surface area contributed by atoms with Crippen molar-refractivity contribution in [3.8, 4) is 5.75 Å². The predicted molar refractivity (Wildman–Crippen MR) is 67.6 cm³/mol. The van der Waals surface area contributed by atoms with Gasteiger partial charge in [0.2, 0.25) is 40.7 Å². The average Bonchev–Trinajstić information content (AvgIpc) is 2.88. The Balaban J connectivity index is 2.13. The van der Waals surface area contributed by atoms with Gasteiger partial charge in [-0.25, -0.2) is 13.2 Å². The highest BCUT2D eigenvalue weighted by Gasteiger charge is 2.31. The number of aromatic nitrogens is 1. The minimum Gasteiger partial charge on any atom is -0.432 e. The monoisotopic (exact) mass is 330 g/mol. The highest BCUT2D eigenvalue weighted by atomic mass is 19.2. The molecule has 3 rings (SSSR count). The summed E-state index contributed by atoms with van der Waals surface area (Å²) in [5, 5.41) is 0. The molecule has 0 bridgehead atoms. The van der Waals surface area contributed by atoms with Gasteiger partial charge in [-0.05, 0) is 12.5 Å². The third kappa shape index (κ3) is 2.28. The second-order valence-corrected chi connectivity index (χ2v) is 4.81. The molecule has 2 aromatic rings. The highest BCUT2D eigenvalue weighted by Crippen LogP contribution is 2.31. The quantitative estimate of drug-likeness (QED) is 0.497. The van der Waals surface area contributed by atoms with E-state index >= 15 is 0 Å². The Morgan fingerprint density at radius 1 is 1.04 bits per heavy atom.